The van der Waals surface area contributed by atoms with Crippen LogP contribution in [0.5, 0.6) is 0 Å². The van der Waals surface area contributed by atoms with E-state index >= 15 is 0 Å². The van der Waals surface area contributed by atoms with E-state index in [-0.39, 0.29) is 17.0 Å². The summed E-state index contributed by atoms with van der Waals surface area (Å²) in [5.41, 5.74) is 1.17. The summed E-state index contributed by atoms with van der Waals surface area (Å²) < 4.78 is 2.27. The van der Waals surface area contributed by atoms with Gasteiger partial charge >= 0.3 is 6.09 Å². The number of aromatic nitrogens is 2. The zero-order valence-corrected chi connectivity index (χ0v) is 18.7. The van der Waals surface area contributed by atoms with Crippen molar-refractivity contribution in [2.45, 2.75) is 46.2 Å². The van der Waals surface area contributed by atoms with Crippen molar-refractivity contribution in [2.75, 3.05) is 18.0 Å². The van der Waals surface area contributed by atoms with Gasteiger partial charge in [0.15, 0.2) is 0 Å². The van der Waals surface area contributed by atoms with Crippen molar-refractivity contribution in [3.05, 3.63) is 33.2 Å². The molecule has 3 rings (SSSR count). The van der Waals surface area contributed by atoms with E-state index in [2.05, 4.69) is 25.8 Å². The quantitative estimate of drug-likeness (QED) is 0.670. The van der Waals surface area contributed by atoms with Crippen LogP contribution in [0.25, 0.3) is 11.0 Å². The number of fused-ring (bicyclic) bond motifs is 1. The Morgan fingerprint density at radius 2 is 2.00 bits per heavy atom. The van der Waals surface area contributed by atoms with Crippen molar-refractivity contribution in [3.63, 3.8) is 0 Å². The first-order valence-electron chi connectivity index (χ1n) is 9.30. The average molecular weight is 451 g/mol. The first-order valence-corrected chi connectivity index (χ1v) is 10.1. The summed E-state index contributed by atoms with van der Waals surface area (Å²) in [4.78, 5) is 32.9. The van der Waals surface area contributed by atoms with Gasteiger partial charge in [0.05, 0.1) is 16.7 Å². The van der Waals surface area contributed by atoms with Crippen LogP contribution < -0.4 is 10.5 Å². The average Bonchev–Trinajstić information content (AvgIpc) is 2.58. The van der Waals surface area contributed by atoms with Gasteiger partial charge in [0.2, 0.25) is 0 Å². The summed E-state index contributed by atoms with van der Waals surface area (Å²) in [5, 5.41) is 9.84. The summed E-state index contributed by atoms with van der Waals surface area (Å²) in [6, 6.07) is 5.20. The van der Waals surface area contributed by atoms with Crippen LogP contribution >= 0.6 is 15.9 Å². The van der Waals surface area contributed by atoms with Gasteiger partial charge < -0.3 is 14.6 Å². The minimum absolute atomic E-state index is 0.0948. The third-order valence-corrected chi connectivity index (χ3v) is 6.69. The maximum absolute atomic E-state index is 12.6. The first kappa shape index (κ1) is 20.6. The molecule has 1 aliphatic rings. The third-order valence-electron chi connectivity index (χ3n) is 6.24. The lowest BCUT2D eigenvalue weighted by Crippen LogP contribution is -2.70. The van der Waals surface area contributed by atoms with Gasteiger partial charge in [0.25, 0.3) is 5.56 Å². The fourth-order valence-electron chi connectivity index (χ4n) is 3.90. The van der Waals surface area contributed by atoms with E-state index in [1.165, 1.54) is 0 Å². The monoisotopic (exact) mass is 450 g/mol. The number of anilines is 1. The Hall–Kier alpha value is -2.09. The third kappa shape index (κ3) is 3.17. The van der Waals surface area contributed by atoms with E-state index in [9.17, 15) is 14.7 Å². The Kier molecular flexibility index (Phi) is 4.98. The van der Waals surface area contributed by atoms with E-state index < -0.39 is 11.6 Å². The summed E-state index contributed by atoms with van der Waals surface area (Å²) in [5.74, 6) is 0. The number of nitrogens with zero attached hydrogens (tertiary/aromatic N) is 4. The topological polar surface area (TPSA) is 78.7 Å². The molecular formula is C20H27BrN4O3. The van der Waals surface area contributed by atoms with Gasteiger partial charge in [-0.3, -0.25) is 9.69 Å². The molecule has 0 aliphatic carbocycles. The van der Waals surface area contributed by atoms with Gasteiger partial charge in [-0.25, -0.2) is 9.78 Å². The number of pyridine rings is 2. The number of hydrogen-bond acceptors (Lipinski definition) is 4. The maximum Gasteiger partial charge on any atom is 0.407 e. The Morgan fingerprint density at radius 1 is 1.36 bits per heavy atom. The van der Waals surface area contributed by atoms with Gasteiger partial charge in [-0.05, 0) is 47.3 Å². The number of piperazine rings is 1. The molecule has 7 nitrogen and oxygen atoms in total. The number of amides is 1. The van der Waals surface area contributed by atoms with Crippen LogP contribution in [0, 0.1) is 5.41 Å². The lowest BCUT2D eigenvalue weighted by Gasteiger charge is -2.57. The second-order valence-electron chi connectivity index (χ2n) is 8.82. The molecule has 3 heterocycles. The maximum atomic E-state index is 12.6. The predicted octanol–water partition coefficient (Wildman–Crippen LogP) is 3.69. The van der Waals surface area contributed by atoms with Crippen LogP contribution in [0.15, 0.2) is 27.6 Å². The Bertz CT molecular complexity index is 997. The molecule has 8 heteroatoms. The normalized spacial score (nSPS) is 23.3. The fourth-order valence-corrected chi connectivity index (χ4v) is 4.21. The number of aryl methyl sites for hydroxylation is 1. The van der Waals surface area contributed by atoms with Crippen molar-refractivity contribution in [3.8, 4) is 0 Å². The molecule has 0 radical (unpaired) electrons. The molecule has 0 spiro atoms. The molecule has 1 N–H and O–H groups in total. The minimum atomic E-state index is -0.918. The van der Waals surface area contributed by atoms with E-state index in [0.717, 1.165) is 16.7 Å². The van der Waals surface area contributed by atoms with Crippen molar-refractivity contribution < 1.29 is 9.90 Å². The second-order valence-corrected chi connectivity index (χ2v) is 9.63. The Labute approximate surface area is 173 Å². The van der Waals surface area contributed by atoms with E-state index in [4.69, 9.17) is 0 Å². The first-order chi connectivity index (χ1) is 12.9. The SMILES string of the molecule is C[C@H]1CN(C(=O)O)[C@](C)(C(C)(C)C)CN1c1cc(=O)n(C)c2ccc(Br)nc12. The van der Waals surface area contributed by atoms with Crippen LogP contribution in [0.4, 0.5) is 10.5 Å². The standard InChI is InChI=1S/C20H27BrN4O3/c1-12-10-25(18(27)28)20(5,19(2,3)4)11-24(12)14-9-16(26)23(6)13-7-8-15(21)22-17(13)14/h7-9,12H,10-11H2,1-6H3,(H,27,28)/t12-,20-/m0/s1. The fraction of sp³-hybridized carbons (Fsp3) is 0.550. The number of rotatable bonds is 1. The molecule has 28 heavy (non-hydrogen) atoms. The molecular weight excluding hydrogens is 424 g/mol. The highest BCUT2D eigenvalue weighted by Crippen LogP contribution is 2.41. The molecule has 0 aromatic carbocycles. The second kappa shape index (κ2) is 6.76. The molecule has 2 atom stereocenters. The van der Waals surface area contributed by atoms with E-state index in [0.29, 0.717) is 17.7 Å². The molecule has 0 saturated carbocycles. The molecule has 2 aromatic rings. The lowest BCUT2D eigenvalue weighted by atomic mass is 9.71. The number of carboxylic acid groups (broad SMARTS) is 1. The van der Waals surface area contributed by atoms with Gasteiger partial charge in [0.1, 0.15) is 10.1 Å². The van der Waals surface area contributed by atoms with Crippen LogP contribution in [0.2, 0.25) is 0 Å². The van der Waals surface area contributed by atoms with Gasteiger partial charge in [0, 0.05) is 32.2 Å². The van der Waals surface area contributed by atoms with Gasteiger partial charge in [-0.1, -0.05) is 20.8 Å². The van der Waals surface area contributed by atoms with Crippen molar-refractivity contribution in [1.82, 2.24) is 14.5 Å². The van der Waals surface area contributed by atoms with Crippen molar-refractivity contribution >= 4 is 38.7 Å². The Balaban J connectivity index is 2.22. The summed E-state index contributed by atoms with van der Waals surface area (Å²) in [6.45, 7) is 10.9. The van der Waals surface area contributed by atoms with E-state index in [1.807, 2.05) is 46.8 Å². The molecule has 152 valence electrons. The molecule has 1 saturated heterocycles. The lowest BCUT2D eigenvalue weighted by molar-refractivity contribution is -0.00126. The summed E-state index contributed by atoms with van der Waals surface area (Å²) in [7, 11) is 1.73. The molecule has 2 aromatic heterocycles. The zero-order chi connectivity index (χ0) is 21.0. The smallest absolute Gasteiger partial charge is 0.407 e. The summed E-state index contributed by atoms with van der Waals surface area (Å²) >= 11 is 3.43. The van der Waals surface area contributed by atoms with E-state index in [1.54, 1.807) is 22.6 Å². The van der Waals surface area contributed by atoms with Gasteiger partial charge in [-0.15, -0.1) is 0 Å². The highest BCUT2D eigenvalue weighted by atomic mass is 79.9. The number of hydrogen-bond donors (Lipinski definition) is 1. The highest BCUT2D eigenvalue weighted by molar-refractivity contribution is 9.10. The highest BCUT2D eigenvalue weighted by Gasteiger charge is 2.50. The number of carbonyl (C=O) groups is 1. The molecule has 0 unspecified atom stereocenters. The summed E-state index contributed by atoms with van der Waals surface area (Å²) in [6.07, 6.45) is -0.918. The predicted molar refractivity (Wildman–Crippen MR) is 114 cm³/mol. The Morgan fingerprint density at radius 3 is 2.57 bits per heavy atom. The van der Waals surface area contributed by atoms with Crippen LogP contribution in [-0.4, -0.2) is 50.3 Å². The van der Waals surface area contributed by atoms with Crippen LogP contribution in [-0.2, 0) is 7.05 Å². The van der Waals surface area contributed by atoms with Crippen LogP contribution in [0.1, 0.15) is 34.6 Å². The zero-order valence-electron chi connectivity index (χ0n) is 17.2. The van der Waals surface area contributed by atoms with Crippen LogP contribution in [0.3, 0.4) is 0 Å². The van der Waals surface area contributed by atoms with Crippen molar-refractivity contribution in [1.29, 1.82) is 0 Å². The largest absolute Gasteiger partial charge is 0.465 e. The van der Waals surface area contributed by atoms with Crippen molar-refractivity contribution in [2.24, 2.45) is 12.5 Å². The minimum Gasteiger partial charge on any atom is -0.465 e. The molecule has 0 bridgehead atoms. The van der Waals surface area contributed by atoms with Gasteiger partial charge in [-0.2, -0.15) is 0 Å². The molecule has 1 aliphatic heterocycles. The molecule has 1 fully saturated rings. The molecule has 1 amide bonds. The number of halogens is 1.